The zero-order chi connectivity index (χ0) is 13.2. The summed E-state index contributed by atoms with van der Waals surface area (Å²) in [6.07, 6.45) is 1.88. The van der Waals surface area contributed by atoms with Crippen molar-refractivity contribution >= 4 is 11.6 Å². The highest BCUT2D eigenvalue weighted by Gasteiger charge is 2.28. The number of halogens is 2. The minimum Gasteiger partial charge on any atom is -0.375 e. The van der Waals surface area contributed by atoms with Crippen LogP contribution >= 0.6 is 11.6 Å². The Hall–Kier alpha value is -0.640. The van der Waals surface area contributed by atoms with E-state index in [0.29, 0.717) is 23.2 Å². The van der Waals surface area contributed by atoms with Gasteiger partial charge in [0.05, 0.1) is 5.60 Å². The van der Waals surface area contributed by atoms with Gasteiger partial charge >= 0.3 is 0 Å². The lowest BCUT2D eigenvalue weighted by Crippen LogP contribution is -2.43. The van der Waals surface area contributed by atoms with Gasteiger partial charge in [0.1, 0.15) is 5.82 Å². The van der Waals surface area contributed by atoms with Crippen molar-refractivity contribution in [3.8, 4) is 0 Å². The van der Waals surface area contributed by atoms with E-state index < -0.39 is 0 Å². The first-order valence-electron chi connectivity index (χ1n) is 6.28. The average molecular weight is 272 g/mol. The maximum Gasteiger partial charge on any atom is 0.129 e. The molecule has 0 aromatic heterocycles. The van der Waals surface area contributed by atoms with E-state index in [1.54, 1.807) is 12.1 Å². The molecule has 0 spiro atoms. The van der Waals surface area contributed by atoms with Crippen molar-refractivity contribution in [2.75, 3.05) is 6.61 Å². The summed E-state index contributed by atoms with van der Waals surface area (Å²) in [6.45, 7) is 5.37. The van der Waals surface area contributed by atoms with Crippen molar-refractivity contribution < 1.29 is 9.13 Å². The van der Waals surface area contributed by atoms with Crippen LogP contribution in [0.1, 0.15) is 32.3 Å². The number of benzene rings is 1. The van der Waals surface area contributed by atoms with Gasteiger partial charge in [-0.05, 0) is 38.8 Å². The van der Waals surface area contributed by atoms with Crippen molar-refractivity contribution in [3.05, 3.63) is 34.6 Å². The van der Waals surface area contributed by atoms with E-state index in [1.165, 1.54) is 6.07 Å². The molecule has 1 unspecified atom stereocenters. The van der Waals surface area contributed by atoms with E-state index in [4.69, 9.17) is 16.3 Å². The largest absolute Gasteiger partial charge is 0.375 e. The highest BCUT2D eigenvalue weighted by Crippen LogP contribution is 2.25. The Bertz CT molecular complexity index is 402. The van der Waals surface area contributed by atoms with Crippen molar-refractivity contribution in [1.82, 2.24) is 5.32 Å². The minimum absolute atomic E-state index is 0.102. The van der Waals surface area contributed by atoms with Crippen LogP contribution in [0.2, 0.25) is 5.02 Å². The smallest absolute Gasteiger partial charge is 0.129 e. The third-order valence-corrected chi connectivity index (χ3v) is 3.68. The number of rotatable bonds is 3. The first-order valence-corrected chi connectivity index (χ1v) is 6.66. The van der Waals surface area contributed by atoms with Gasteiger partial charge in [-0.1, -0.05) is 17.7 Å². The molecule has 1 aromatic rings. The average Bonchev–Trinajstić information content (AvgIpc) is 2.27. The van der Waals surface area contributed by atoms with E-state index in [9.17, 15) is 4.39 Å². The second kappa shape index (κ2) is 5.55. The van der Waals surface area contributed by atoms with Gasteiger partial charge < -0.3 is 10.1 Å². The lowest BCUT2D eigenvalue weighted by molar-refractivity contribution is -0.0630. The predicted octanol–water partition coefficient (Wildman–Crippen LogP) is 3.53. The fourth-order valence-corrected chi connectivity index (χ4v) is 2.58. The first kappa shape index (κ1) is 13.8. The summed E-state index contributed by atoms with van der Waals surface area (Å²) in [5.41, 5.74) is 0.443. The Morgan fingerprint density at radius 3 is 2.94 bits per heavy atom. The standard InChI is InChI=1S/C14H19ClFNO/c1-14(2)8-10(6-7-18-14)17-9-11-12(15)4-3-5-13(11)16/h3-5,10,17H,6-9H2,1-2H3. The van der Waals surface area contributed by atoms with Crippen LogP contribution in [0.3, 0.4) is 0 Å². The molecule has 1 atom stereocenters. The maximum atomic E-state index is 13.6. The summed E-state index contributed by atoms with van der Waals surface area (Å²) in [4.78, 5) is 0. The van der Waals surface area contributed by atoms with Gasteiger partial charge in [-0.2, -0.15) is 0 Å². The van der Waals surface area contributed by atoms with Crippen LogP contribution in [0.25, 0.3) is 0 Å². The molecule has 1 saturated heterocycles. The molecule has 2 rings (SSSR count). The second-order valence-electron chi connectivity index (χ2n) is 5.38. The summed E-state index contributed by atoms with van der Waals surface area (Å²) < 4.78 is 19.3. The summed E-state index contributed by atoms with van der Waals surface area (Å²) >= 11 is 6.00. The van der Waals surface area contributed by atoms with Gasteiger partial charge in [-0.15, -0.1) is 0 Å². The van der Waals surface area contributed by atoms with Gasteiger partial charge in [0.25, 0.3) is 0 Å². The van der Waals surface area contributed by atoms with E-state index in [-0.39, 0.29) is 11.4 Å². The lowest BCUT2D eigenvalue weighted by atomic mass is 9.94. The van der Waals surface area contributed by atoms with Gasteiger partial charge in [0.15, 0.2) is 0 Å². The lowest BCUT2D eigenvalue weighted by Gasteiger charge is -2.36. The molecule has 1 aliphatic rings. The first-order chi connectivity index (χ1) is 8.48. The fraction of sp³-hybridized carbons (Fsp3) is 0.571. The van der Waals surface area contributed by atoms with Crippen molar-refractivity contribution in [2.24, 2.45) is 0 Å². The van der Waals surface area contributed by atoms with Crippen LogP contribution in [0.15, 0.2) is 18.2 Å². The molecule has 1 aliphatic heterocycles. The maximum absolute atomic E-state index is 13.6. The zero-order valence-corrected chi connectivity index (χ0v) is 11.6. The molecular formula is C14H19ClFNO. The molecule has 4 heteroatoms. The van der Waals surface area contributed by atoms with Crippen LogP contribution in [0, 0.1) is 5.82 Å². The normalized spacial score (nSPS) is 23.0. The Morgan fingerprint density at radius 2 is 2.28 bits per heavy atom. The molecule has 0 radical (unpaired) electrons. The monoisotopic (exact) mass is 271 g/mol. The molecule has 1 aromatic carbocycles. The molecule has 0 amide bonds. The van der Waals surface area contributed by atoms with Gasteiger partial charge in [-0.25, -0.2) is 4.39 Å². The predicted molar refractivity (Wildman–Crippen MR) is 71.3 cm³/mol. The zero-order valence-electron chi connectivity index (χ0n) is 10.8. The van der Waals surface area contributed by atoms with E-state index in [0.717, 1.165) is 19.4 Å². The van der Waals surface area contributed by atoms with Crippen LogP contribution < -0.4 is 5.32 Å². The Morgan fingerprint density at radius 1 is 1.50 bits per heavy atom. The van der Waals surface area contributed by atoms with E-state index >= 15 is 0 Å². The molecule has 18 heavy (non-hydrogen) atoms. The number of nitrogens with one attached hydrogen (secondary N) is 1. The molecule has 0 aliphatic carbocycles. The third-order valence-electron chi connectivity index (χ3n) is 3.33. The van der Waals surface area contributed by atoms with Gasteiger partial charge in [0.2, 0.25) is 0 Å². The topological polar surface area (TPSA) is 21.3 Å². The Labute approximate surface area is 112 Å². The van der Waals surface area contributed by atoms with Crippen molar-refractivity contribution in [3.63, 3.8) is 0 Å². The van der Waals surface area contributed by atoms with Crippen LogP contribution in [-0.4, -0.2) is 18.2 Å². The highest BCUT2D eigenvalue weighted by molar-refractivity contribution is 6.31. The molecular weight excluding hydrogens is 253 g/mol. The molecule has 1 fully saturated rings. The summed E-state index contributed by atoms with van der Waals surface area (Å²) in [5.74, 6) is -0.249. The summed E-state index contributed by atoms with van der Waals surface area (Å²) in [5, 5.41) is 3.85. The number of ether oxygens (including phenoxy) is 1. The molecule has 1 N–H and O–H groups in total. The van der Waals surface area contributed by atoms with Gasteiger partial charge in [-0.3, -0.25) is 0 Å². The third kappa shape index (κ3) is 3.44. The number of hydrogen-bond donors (Lipinski definition) is 1. The Balaban J connectivity index is 1.95. The van der Waals surface area contributed by atoms with Crippen LogP contribution in [0.5, 0.6) is 0 Å². The number of hydrogen-bond acceptors (Lipinski definition) is 2. The minimum atomic E-state index is -0.249. The molecule has 0 bridgehead atoms. The molecule has 100 valence electrons. The van der Waals surface area contributed by atoms with Crippen molar-refractivity contribution in [1.29, 1.82) is 0 Å². The van der Waals surface area contributed by atoms with E-state index in [2.05, 4.69) is 19.2 Å². The molecule has 2 nitrogen and oxygen atoms in total. The Kier molecular flexibility index (Phi) is 4.25. The highest BCUT2D eigenvalue weighted by atomic mass is 35.5. The van der Waals surface area contributed by atoms with Crippen LogP contribution in [0.4, 0.5) is 4.39 Å². The van der Waals surface area contributed by atoms with Crippen molar-refractivity contribution in [2.45, 2.75) is 44.9 Å². The molecule has 1 heterocycles. The second-order valence-corrected chi connectivity index (χ2v) is 5.79. The van der Waals surface area contributed by atoms with Gasteiger partial charge in [0, 0.05) is 29.8 Å². The SMILES string of the molecule is CC1(C)CC(NCc2c(F)cccc2Cl)CCO1. The summed E-state index contributed by atoms with van der Waals surface area (Å²) in [6, 6.07) is 5.13. The molecule has 0 saturated carbocycles. The van der Waals surface area contributed by atoms with Crippen LogP contribution in [-0.2, 0) is 11.3 Å². The summed E-state index contributed by atoms with van der Waals surface area (Å²) in [7, 11) is 0. The van der Waals surface area contributed by atoms with E-state index in [1.807, 2.05) is 0 Å². The quantitative estimate of drug-likeness (QED) is 0.908. The fourth-order valence-electron chi connectivity index (χ4n) is 2.35.